The molecule has 1 aliphatic rings. The zero-order chi connectivity index (χ0) is 21.0. The minimum Gasteiger partial charge on any atom is -0.488 e. The Balaban J connectivity index is 1.49. The number of hydrogen-bond donors (Lipinski definition) is 1. The van der Waals surface area contributed by atoms with Crippen molar-refractivity contribution >= 4 is 10.0 Å². The van der Waals surface area contributed by atoms with Crippen molar-refractivity contribution in [1.82, 2.24) is 4.31 Å². The smallest absolute Gasteiger partial charge is 0.246 e. The Hall–Kier alpha value is -1.96. The minimum atomic E-state index is -3.78. The molecule has 2 aromatic carbocycles. The average Bonchev–Trinajstić information content (AvgIpc) is 2.68. The number of aryl methyl sites for hydroxylation is 1. The molecule has 0 aromatic heterocycles. The molecule has 3 rings (SSSR count). The van der Waals surface area contributed by atoms with Crippen LogP contribution >= 0.6 is 0 Å². The fraction of sp³-hybridized carbons (Fsp3) is 0.455. The second-order valence-electron chi connectivity index (χ2n) is 7.86. The molecular weight excluding hydrogens is 391 g/mol. The summed E-state index contributed by atoms with van der Waals surface area (Å²) in [6.07, 6.45) is 0. The summed E-state index contributed by atoms with van der Waals surface area (Å²) in [6.45, 7) is 9.97. The van der Waals surface area contributed by atoms with Crippen LogP contribution in [-0.4, -0.2) is 52.1 Å². The molecule has 1 heterocycles. The maximum Gasteiger partial charge on any atom is 0.246 e. The van der Waals surface area contributed by atoms with Crippen LogP contribution < -0.4 is 9.64 Å². The van der Waals surface area contributed by atoms with E-state index < -0.39 is 15.8 Å². The topological polar surface area (TPSA) is 51.1 Å². The Kier molecular flexibility index (Phi) is 6.93. The van der Waals surface area contributed by atoms with Gasteiger partial charge in [0.25, 0.3) is 0 Å². The molecular formula is C22H30FN2O3S+. The highest BCUT2D eigenvalue weighted by Crippen LogP contribution is 2.23. The lowest BCUT2D eigenvalue weighted by atomic mass is 9.98. The Labute approximate surface area is 173 Å². The molecule has 0 amide bonds. The van der Waals surface area contributed by atoms with Gasteiger partial charge in [-0.25, -0.2) is 12.8 Å². The van der Waals surface area contributed by atoms with Gasteiger partial charge in [0, 0.05) is 0 Å². The van der Waals surface area contributed by atoms with Gasteiger partial charge in [0.2, 0.25) is 10.0 Å². The van der Waals surface area contributed by atoms with Crippen molar-refractivity contribution in [3.05, 3.63) is 59.4 Å². The predicted octanol–water partition coefficient (Wildman–Crippen LogP) is 2.23. The summed E-state index contributed by atoms with van der Waals surface area (Å²) >= 11 is 0. The van der Waals surface area contributed by atoms with Crippen LogP contribution in [0.5, 0.6) is 5.75 Å². The lowest BCUT2D eigenvalue weighted by molar-refractivity contribution is -0.903. The monoisotopic (exact) mass is 421 g/mol. The van der Waals surface area contributed by atoms with E-state index >= 15 is 0 Å². The third-order valence-electron chi connectivity index (χ3n) is 5.47. The van der Waals surface area contributed by atoms with E-state index in [0.29, 0.717) is 38.7 Å². The van der Waals surface area contributed by atoms with Gasteiger partial charge in [0.05, 0.1) is 26.2 Å². The predicted molar refractivity (Wildman–Crippen MR) is 111 cm³/mol. The van der Waals surface area contributed by atoms with Gasteiger partial charge in [0.15, 0.2) is 0 Å². The third-order valence-corrected chi connectivity index (χ3v) is 7.40. The van der Waals surface area contributed by atoms with Crippen LogP contribution in [-0.2, 0) is 10.0 Å². The van der Waals surface area contributed by atoms with Gasteiger partial charge in [0.1, 0.15) is 29.6 Å². The van der Waals surface area contributed by atoms with Crippen LogP contribution in [0.15, 0.2) is 47.4 Å². The first kappa shape index (κ1) is 21.7. The Morgan fingerprint density at radius 2 is 1.83 bits per heavy atom. The molecule has 158 valence electrons. The Morgan fingerprint density at radius 1 is 1.14 bits per heavy atom. The highest BCUT2D eigenvalue weighted by atomic mass is 32.2. The van der Waals surface area contributed by atoms with Crippen molar-refractivity contribution in [3.8, 4) is 5.75 Å². The number of piperazine rings is 1. The Bertz CT molecular complexity index is 939. The maximum atomic E-state index is 13.9. The molecule has 7 heteroatoms. The molecule has 0 spiro atoms. The van der Waals surface area contributed by atoms with Crippen LogP contribution in [0.2, 0.25) is 0 Å². The van der Waals surface area contributed by atoms with Gasteiger partial charge in [-0.2, -0.15) is 4.31 Å². The number of halogens is 1. The molecule has 1 fully saturated rings. The van der Waals surface area contributed by atoms with Crippen molar-refractivity contribution in [3.63, 3.8) is 0 Å². The van der Waals surface area contributed by atoms with Gasteiger partial charge in [-0.15, -0.1) is 0 Å². The standard InChI is InChI=1S/C22H29FN2O3S/c1-17(2)20-9-8-19(16-18(20)3)28-15-14-24-10-12-25(13-11-24)29(26,27)22-7-5-4-6-21(22)23/h4-9,16-17H,10-15H2,1-3H3/p+1. The van der Waals surface area contributed by atoms with Crippen molar-refractivity contribution in [1.29, 1.82) is 0 Å². The van der Waals surface area contributed by atoms with Crippen LogP contribution in [0, 0.1) is 12.7 Å². The lowest BCUT2D eigenvalue weighted by Gasteiger charge is -2.31. The van der Waals surface area contributed by atoms with Crippen LogP contribution in [0.4, 0.5) is 4.39 Å². The first-order chi connectivity index (χ1) is 13.8. The summed E-state index contributed by atoms with van der Waals surface area (Å²) in [4.78, 5) is 1.05. The number of nitrogens with one attached hydrogen (secondary N) is 1. The molecule has 1 saturated heterocycles. The number of rotatable bonds is 7. The zero-order valence-corrected chi connectivity index (χ0v) is 18.1. The summed E-state index contributed by atoms with van der Waals surface area (Å²) in [6, 6.07) is 11.7. The molecule has 1 aliphatic heterocycles. The maximum absolute atomic E-state index is 13.9. The molecule has 0 radical (unpaired) electrons. The lowest BCUT2D eigenvalue weighted by Crippen LogP contribution is -3.15. The molecule has 1 N–H and O–H groups in total. The Morgan fingerprint density at radius 3 is 2.45 bits per heavy atom. The first-order valence-electron chi connectivity index (χ1n) is 10.1. The van der Waals surface area contributed by atoms with Crippen LogP contribution in [0.1, 0.15) is 30.9 Å². The number of nitrogens with zero attached hydrogens (tertiary/aromatic N) is 1. The molecule has 29 heavy (non-hydrogen) atoms. The molecule has 0 atom stereocenters. The fourth-order valence-corrected chi connectivity index (χ4v) is 5.29. The molecule has 0 unspecified atom stereocenters. The largest absolute Gasteiger partial charge is 0.488 e. The first-order valence-corrected chi connectivity index (χ1v) is 11.5. The van der Waals surface area contributed by atoms with Crippen molar-refractivity contribution < 1.29 is 22.4 Å². The number of hydrogen-bond acceptors (Lipinski definition) is 3. The fourth-order valence-electron chi connectivity index (χ4n) is 3.78. The number of ether oxygens (including phenoxy) is 1. The van der Waals surface area contributed by atoms with Gasteiger partial charge >= 0.3 is 0 Å². The van der Waals surface area contributed by atoms with E-state index in [-0.39, 0.29) is 4.90 Å². The summed E-state index contributed by atoms with van der Waals surface area (Å²) in [7, 11) is -3.78. The normalized spacial score (nSPS) is 16.3. The quantitative estimate of drug-likeness (QED) is 0.746. The highest BCUT2D eigenvalue weighted by Gasteiger charge is 2.31. The number of quaternary nitrogens is 1. The van der Waals surface area contributed by atoms with Gasteiger partial charge in [-0.05, 0) is 48.2 Å². The van der Waals surface area contributed by atoms with Crippen molar-refractivity contribution in [2.75, 3.05) is 39.3 Å². The second kappa shape index (κ2) is 9.24. The van der Waals surface area contributed by atoms with E-state index in [4.69, 9.17) is 4.74 Å². The van der Waals surface area contributed by atoms with Crippen molar-refractivity contribution in [2.45, 2.75) is 31.6 Å². The number of benzene rings is 2. The zero-order valence-electron chi connectivity index (χ0n) is 17.3. The van der Waals surface area contributed by atoms with Crippen molar-refractivity contribution in [2.24, 2.45) is 0 Å². The van der Waals surface area contributed by atoms with Crippen LogP contribution in [0.3, 0.4) is 0 Å². The summed E-state index contributed by atoms with van der Waals surface area (Å²) < 4.78 is 46.5. The van der Waals surface area contributed by atoms with E-state index in [9.17, 15) is 12.8 Å². The average molecular weight is 422 g/mol. The molecule has 2 aromatic rings. The summed E-state index contributed by atoms with van der Waals surface area (Å²) in [5.74, 6) is 0.659. The van der Waals surface area contributed by atoms with Gasteiger partial charge < -0.3 is 9.64 Å². The van der Waals surface area contributed by atoms with Crippen LogP contribution in [0.25, 0.3) is 0 Å². The summed E-state index contributed by atoms with van der Waals surface area (Å²) in [5.41, 5.74) is 2.56. The van der Waals surface area contributed by atoms with E-state index in [1.54, 1.807) is 6.07 Å². The molecule has 0 bridgehead atoms. The second-order valence-corrected chi connectivity index (χ2v) is 9.76. The van der Waals surface area contributed by atoms with Gasteiger partial charge in [-0.3, -0.25) is 0 Å². The van der Waals surface area contributed by atoms with Gasteiger partial charge in [-0.1, -0.05) is 32.0 Å². The molecule has 0 aliphatic carbocycles. The van der Waals surface area contributed by atoms with E-state index in [2.05, 4.69) is 32.9 Å². The minimum absolute atomic E-state index is 0.244. The molecule has 0 saturated carbocycles. The molecule has 5 nitrogen and oxygen atoms in total. The van der Waals surface area contributed by atoms with E-state index in [0.717, 1.165) is 12.3 Å². The highest BCUT2D eigenvalue weighted by molar-refractivity contribution is 7.89. The number of sulfonamides is 1. The third kappa shape index (κ3) is 5.15. The van der Waals surface area contributed by atoms with E-state index in [1.165, 1.54) is 38.5 Å². The SMILES string of the molecule is Cc1cc(OCC[NH+]2CCN(S(=O)(=O)c3ccccc3F)CC2)ccc1C(C)C. The van der Waals surface area contributed by atoms with E-state index in [1.807, 2.05) is 6.07 Å². The summed E-state index contributed by atoms with van der Waals surface area (Å²) in [5, 5.41) is 0.